The Labute approximate surface area is 207 Å². The van der Waals surface area contributed by atoms with Gasteiger partial charge in [0.25, 0.3) is 5.91 Å². The van der Waals surface area contributed by atoms with Crippen molar-refractivity contribution in [2.75, 3.05) is 48.0 Å². The molecular weight excluding hydrogens is 446 g/mol. The van der Waals surface area contributed by atoms with Crippen molar-refractivity contribution in [2.45, 2.75) is 37.8 Å². The van der Waals surface area contributed by atoms with E-state index in [1.807, 2.05) is 24.3 Å². The summed E-state index contributed by atoms with van der Waals surface area (Å²) in [6.45, 7) is 4.76. The molecule has 1 N–H and O–H groups in total. The van der Waals surface area contributed by atoms with Gasteiger partial charge in [-0.3, -0.25) is 14.5 Å². The van der Waals surface area contributed by atoms with Gasteiger partial charge in [0, 0.05) is 25.2 Å². The monoisotopic (exact) mass is 481 g/mol. The Morgan fingerprint density at radius 3 is 2.37 bits per heavy atom. The minimum atomic E-state index is -0.614. The van der Waals surface area contributed by atoms with E-state index in [1.165, 1.54) is 7.11 Å². The summed E-state index contributed by atoms with van der Waals surface area (Å²) >= 11 is 0. The average molecular weight is 482 g/mol. The summed E-state index contributed by atoms with van der Waals surface area (Å²) in [6.07, 6.45) is 2.21. The van der Waals surface area contributed by atoms with Crippen molar-refractivity contribution in [3.63, 3.8) is 0 Å². The summed E-state index contributed by atoms with van der Waals surface area (Å²) in [6, 6.07) is 10.8. The Balaban J connectivity index is 1.76. The normalized spacial score (nSPS) is 22.0. The van der Waals surface area contributed by atoms with Gasteiger partial charge < -0.3 is 24.4 Å². The third kappa shape index (κ3) is 4.67. The number of likely N-dealkylation sites (tertiary alicyclic amines) is 1. The third-order valence-electron chi connectivity index (χ3n) is 7.33. The zero-order valence-corrected chi connectivity index (χ0v) is 21.2. The number of carbonyl (C=O) groups is 2. The maximum Gasteiger partial charge on any atom is 0.254 e. The lowest BCUT2D eigenvalue weighted by Gasteiger charge is -2.40. The van der Waals surface area contributed by atoms with Gasteiger partial charge in [-0.1, -0.05) is 19.1 Å². The molecule has 1 fully saturated rings. The van der Waals surface area contributed by atoms with Crippen molar-refractivity contribution in [3.8, 4) is 17.2 Å². The van der Waals surface area contributed by atoms with Crippen LogP contribution in [0.3, 0.4) is 0 Å². The van der Waals surface area contributed by atoms with Crippen molar-refractivity contribution in [1.82, 2.24) is 15.1 Å². The fraction of sp³-hybridized carbons (Fsp3) is 0.481. The molecule has 0 saturated carbocycles. The molecule has 2 amide bonds. The average Bonchev–Trinajstić information content (AvgIpc) is 3.36. The topological polar surface area (TPSA) is 80.3 Å². The van der Waals surface area contributed by atoms with Crippen LogP contribution in [0.4, 0.5) is 0 Å². The summed E-state index contributed by atoms with van der Waals surface area (Å²) < 4.78 is 16.3. The molecule has 0 aromatic heterocycles. The molecule has 188 valence electrons. The van der Waals surface area contributed by atoms with E-state index in [1.54, 1.807) is 38.3 Å². The summed E-state index contributed by atoms with van der Waals surface area (Å²) in [5.74, 6) is 0.771. The van der Waals surface area contributed by atoms with E-state index < -0.39 is 12.0 Å². The van der Waals surface area contributed by atoms with E-state index in [0.29, 0.717) is 41.0 Å². The second-order valence-electron chi connectivity index (χ2n) is 9.08. The van der Waals surface area contributed by atoms with Gasteiger partial charge in [-0.05, 0) is 61.3 Å². The first-order valence-corrected chi connectivity index (χ1v) is 12.1. The molecule has 1 saturated heterocycles. The number of amides is 2. The van der Waals surface area contributed by atoms with Crippen LogP contribution < -0.4 is 19.5 Å². The molecule has 2 heterocycles. The fourth-order valence-electron chi connectivity index (χ4n) is 5.42. The molecule has 8 nitrogen and oxygen atoms in total. The van der Waals surface area contributed by atoms with Crippen molar-refractivity contribution in [3.05, 3.63) is 53.1 Å². The lowest BCUT2D eigenvalue weighted by atomic mass is 9.79. The smallest absolute Gasteiger partial charge is 0.254 e. The van der Waals surface area contributed by atoms with Gasteiger partial charge in [0.2, 0.25) is 5.91 Å². The summed E-state index contributed by atoms with van der Waals surface area (Å²) in [7, 11) is 6.44. The molecule has 0 bridgehead atoms. The molecule has 3 unspecified atom stereocenters. The number of methoxy groups -OCH3 is 3. The van der Waals surface area contributed by atoms with Crippen LogP contribution >= 0.6 is 0 Å². The molecular formula is C27H35N3O5. The van der Waals surface area contributed by atoms with Crippen LogP contribution in [0.5, 0.6) is 17.2 Å². The van der Waals surface area contributed by atoms with E-state index in [0.717, 1.165) is 31.5 Å². The van der Waals surface area contributed by atoms with Crippen LogP contribution in [-0.2, 0) is 4.79 Å². The number of benzene rings is 2. The van der Waals surface area contributed by atoms with Crippen molar-refractivity contribution < 1.29 is 23.8 Å². The highest BCUT2D eigenvalue weighted by Crippen LogP contribution is 2.45. The minimum Gasteiger partial charge on any atom is -0.497 e. The number of likely N-dealkylation sites (N-methyl/N-ethyl adjacent to an activating group) is 2. The second kappa shape index (κ2) is 10.6. The molecule has 8 heteroatoms. The molecule has 0 aliphatic carbocycles. The zero-order valence-electron chi connectivity index (χ0n) is 21.2. The summed E-state index contributed by atoms with van der Waals surface area (Å²) in [5, 5.41) is 3.21. The molecule has 0 spiro atoms. The number of nitrogens with zero attached hydrogens (tertiary/aromatic N) is 2. The first-order chi connectivity index (χ1) is 16.9. The van der Waals surface area contributed by atoms with Crippen molar-refractivity contribution in [1.29, 1.82) is 0 Å². The largest absolute Gasteiger partial charge is 0.497 e. The summed E-state index contributed by atoms with van der Waals surface area (Å²) in [5.41, 5.74) is 1.95. The number of fused-ring (bicyclic) bond motifs is 1. The molecule has 2 aliphatic heterocycles. The SMILES string of the molecule is CCN1CCCC1CNC(=O)C1c2cc(OC)c(OC)cc2C(=O)N(C)C1c1ccc(OC)cc1. The van der Waals surface area contributed by atoms with Crippen LogP contribution in [0.15, 0.2) is 36.4 Å². The Morgan fingerprint density at radius 2 is 1.74 bits per heavy atom. The number of rotatable bonds is 8. The highest BCUT2D eigenvalue weighted by molar-refractivity contribution is 6.02. The fourth-order valence-corrected chi connectivity index (χ4v) is 5.42. The predicted octanol–water partition coefficient (Wildman–Crippen LogP) is 3.22. The Kier molecular flexibility index (Phi) is 7.50. The van der Waals surface area contributed by atoms with Crippen molar-refractivity contribution in [2.24, 2.45) is 0 Å². The van der Waals surface area contributed by atoms with Crippen molar-refractivity contribution >= 4 is 11.8 Å². The number of nitrogens with one attached hydrogen (secondary N) is 1. The van der Waals surface area contributed by atoms with E-state index in [9.17, 15) is 9.59 Å². The van der Waals surface area contributed by atoms with Gasteiger partial charge in [0.15, 0.2) is 11.5 Å². The van der Waals surface area contributed by atoms with Gasteiger partial charge in [-0.2, -0.15) is 0 Å². The molecule has 2 aliphatic rings. The number of carbonyl (C=O) groups excluding carboxylic acids is 2. The van der Waals surface area contributed by atoms with E-state index in [4.69, 9.17) is 14.2 Å². The van der Waals surface area contributed by atoms with E-state index in [-0.39, 0.29) is 11.8 Å². The van der Waals surface area contributed by atoms with Crippen LogP contribution in [0.1, 0.15) is 53.2 Å². The first kappa shape index (κ1) is 24.9. The van der Waals surface area contributed by atoms with Crippen LogP contribution in [0, 0.1) is 0 Å². The zero-order chi connectivity index (χ0) is 25.1. The van der Waals surface area contributed by atoms with E-state index >= 15 is 0 Å². The molecule has 3 atom stereocenters. The molecule has 2 aromatic rings. The maximum absolute atomic E-state index is 13.9. The Bertz CT molecular complexity index is 1070. The standard InChI is InChI=1S/C27H35N3O5/c1-6-30-13-7-8-18(30)16-28-26(31)24-20-14-22(34-4)23(35-5)15-21(20)27(32)29(2)25(24)17-9-11-19(33-3)12-10-17/h9-12,14-15,18,24-25H,6-8,13,16H2,1-5H3,(H,28,31). The van der Waals surface area contributed by atoms with Gasteiger partial charge in [-0.25, -0.2) is 0 Å². The lowest BCUT2D eigenvalue weighted by Crippen LogP contribution is -2.48. The highest BCUT2D eigenvalue weighted by atomic mass is 16.5. The second-order valence-corrected chi connectivity index (χ2v) is 9.08. The third-order valence-corrected chi connectivity index (χ3v) is 7.33. The van der Waals surface area contributed by atoms with Crippen LogP contribution in [0.2, 0.25) is 0 Å². The first-order valence-electron chi connectivity index (χ1n) is 12.1. The lowest BCUT2D eigenvalue weighted by molar-refractivity contribution is -0.124. The highest BCUT2D eigenvalue weighted by Gasteiger charge is 2.43. The molecule has 4 rings (SSSR count). The van der Waals surface area contributed by atoms with Crippen LogP contribution in [0.25, 0.3) is 0 Å². The Morgan fingerprint density at radius 1 is 1.06 bits per heavy atom. The Hall–Kier alpha value is -3.26. The molecule has 0 radical (unpaired) electrons. The quantitative estimate of drug-likeness (QED) is 0.624. The summed E-state index contributed by atoms with van der Waals surface area (Å²) in [4.78, 5) is 31.4. The van der Waals surface area contributed by atoms with Gasteiger partial charge in [0.05, 0.1) is 33.3 Å². The molecule has 35 heavy (non-hydrogen) atoms. The maximum atomic E-state index is 13.9. The number of ether oxygens (including phenoxy) is 3. The molecule has 2 aromatic carbocycles. The van der Waals surface area contributed by atoms with E-state index in [2.05, 4.69) is 17.1 Å². The van der Waals surface area contributed by atoms with Crippen LogP contribution in [-0.4, -0.2) is 75.7 Å². The van der Waals surface area contributed by atoms with Gasteiger partial charge >= 0.3 is 0 Å². The van der Waals surface area contributed by atoms with Gasteiger partial charge in [0.1, 0.15) is 5.75 Å². The van der Waals surface area contributed by atoms with Gasteiger partial charge in [-0.15, -0.1) is 0 Å². The minimum absolute atomic E-state index is 0.110. The number of hydrogen-bond donors (Lipinski definition) is 1. The predicted molar refractivity (Wildman–Crippen MR) is 133 cm³/mol. The number of hydrogen-bond acceptors (Lipinski definition) is 6.